The van der Waals surface area contributed by atoms with Gasteiger partial charge in [-0.25, -0.2) is 0 Å². The van der Waals surface area contributed by atoms with Crippen LogP contribution in [0.4, 0.5) is 0 Å². The number of likely N-dealkylation sites (tertiary alicyclic amines) is 1. The van der Waals surface area contributed by atoms with Gasteiger partial charge in [0.05, 0.1) is 0 Å². The van der Waals surface area contributed by atoms with Gasteiger partial charge in [-0.3, -0.25) is 0 Å². The van der Waals surface area contributed by atoms with Crippen LogP contribution >= 0.6 is 11.8 Å². The van der Waals surface area contributed by atoms with E-state index in [-0.39, 0.29) is 0 Å². The Hall–Kier alpha value is 0.270. The SMILES string of the molecule is CSC1CCCC(NC2CCCN(C(C)C)CC2)C1. The minimum atomic E-state index is 0.717. The topological polar surface area (TPSA) is 15.3 Å². The second-order valence-corrected chi connectivity index (χ2v) is 7.78. The monoisotopic (exact) mass is 284 g/mol. The van der Waals surface area contributed by atoms with Gasteiger partial charge in [0.15, 0.2) is 0 Å². The van der Waals surface area contributed by atoms with E-state index in [2.05, 4.69) is 42.1 Å². The van der Waals surface area contributed by atoms with E-state index in [1.807, 2.05) is 0 Å². The molecule has 1 aliphatic carbocycles. The summed E-state index contributed by atoms with van der Waals surface area (Å²) in [7, 11) is 0. The largest absolute Gasteiger partial charge is 0.311 e. The summed E-state index contributed by atoms with van der Waals surface area (Å²) < 4.78 is 0. The first-order chi connectivity index (χ1) is 9.19. The van der Waals surface area contributed by atoms with E-state index >= 15 is 0 Å². The summed E-state index contributed by atoms with van der Waals surface area (Å²) >= 11 is 2.07. The highest BCUT2D eigenvalue weighted by atomic mass is 32.2. The fourth-order valence-corrected chi connectivity index (χ4v) is 4.47. The highest BCUT2D eigenvalue weighted by Gasteiger charge is 2.25. The molecule has 3 unspecified atom stereocenters. The van der Waals surface area contributed by atoms with Crippen molar-refractivity contribution in [1.29, 1.82) is 0 Å². The molecule has 2 rings (SSSR count). The molecule has 0 aromatic heterocycles. The lowest BCUT2D eigenvalue weighted by atomic mass is 9.93. The zero-order chi connectivity index (χ0) is 13.7. The van der Waals surface area contributed by atoms with Crippen LogP contribution in [0.3, 0.4) is 0 Å². The Morgan fingerprint density at radius 1 is 1.00 bits per heavy atom. The van der Waals surface area contributed by atoms with Crippen molar-refractivity contribution in [2.45, 2.75) is 82.2 Å². The molecule has 0 radical (unpaired) electrons. The molecule has 19 heavy (non-hydrogen) atoms. The van der Waals surface area contributed by atoms with E-state index in [0.29, 0.717) is 6.04 Å². The first-order valence-corrected chi connectivity index (χ1v) is 9.50. The third-order valence-corrected chi connectivity index (χ3v) is 6.02. The summed E-state index contributed by atoms with van der Waals surface area (Å²) in [5.74, 6) is 0. The Morgan fingerprint density at radius 2 is 1.79 bits per heavy atom. The highest BCUT2D eigenvalue weighted by Crippen LogP contribution is 2.27. The molecular formula is C16H32N2S. The third kappa shape index (κ3) is 4.95. The van der Waals surface area contributed by atoms with Crippen molar-refractivity contribution >= 4 is 11.8 Å². The summed E-state index contributed by atoms with van der Waals surface area (Å²) in [6.45, 7) is 7.25. The van der Waals surface area contributed by atoms with Crippen molar-refractivity contribution in [1.82, 2.24) is 10.2 Å². The van der Waals surface area contributed by atoms with E-state index in [4.69, 9.17) is 0 Å². The fourth-order valence-electron chi connectivity index (χ4n) is 3.65. The lowest BCUT2D eigenvalue weighted by Crippen LogP contribution is -2.42. The van der Waals surface area contributed by atoms with E-state index < -0.39 is 0 Å². The van der Waals surface area contributed by atoms with Gasteiger partial charge < -0.3 is 10.2 Å². The van der Waals surface area contributed by atoms with Crippen molar-refractivity contribution in [2.75, 3.05) is 19.3 Å². The summed E-state index contributed by atoms with van der Waals surface area (Å²) in [4.78, 5) is 2.65. The smallest absolute Gasteiger partial charge is 0.00823 e. The average molecular weight is 285 g/mol. The van der Waals surface area contributed by atoms with E-state index in [9.17, 15) is 0 Å². The van der Waals surface area contributed by atoms with Crippen LogP contribution in [-0.4, -0.2) is 47.6 Å². The zero-order valence-corrected chi connectivity index (χ0v) is 13.8. The predicted octanol–water partition coefficient (Wildman–Crippen LogP) is 3.51. The lowest BCUT2D eigenvalue weighted by molar-refractivity contribution is 0.227. The van der Waals surface area contributed by atoms with Crippen LogP contribution in [0.2, 0.25) is 0 Å². The molecule has 1 N–H and O–H groups in total. The van der Waals surface area contributed by atoms with Crippen molar-refractivity contribution in [3.8, 4) is 0 Å². The molecule has 3 atom stereocenters. The quantitative estimate of drug-likeness (QED) is 0.850. The van der Waals surface area contributed by atoms with Crippen LogP contribution < -0.4 is 5.32 Å². The second-order valence-electron chi connectivity index (χ2n) is 6.65. The molecule has 1 heterocycles. The highest BCUT2D eigenvalue weighted by molar-refractivity contribution is 7.99. The van der Waals surface area contributed by atoms with Gasteiger partial charge >= 0.3 is 0 Å². The molecular weight excluding hydrogens is 252 g/mol. The van der Waals surface area contributed by atoms with Crippen LogP contribution in [-0.2, 0) is 0 Å². The maximum absolute atomic E-state index is 3.98. The Balaban J connectivity index is 1.76. The van der Waals surface area contributed by atoms with Gasteiger partial charge in [0.25, 0.3) is 0 Å². The molecule has 2 fully saturated rings. The summed E-state index contributed by atoms with van der Waals surface area (Å²) in [6, 6.07) is 2.28. The molecule has 1 saturated carbocycles. The van der Waals surface area contributed by atoms with Crippen LogP contribution in [0.25, 0.3) is 0 Å². The molecule has 3 heteroatoms. The predicted molar refractivity (Wildman–Crippen MR) is 87.0 cm³/mol. The van der Waals surface area contributed by atoms with E-state index in [1.54, 1.807) is 0 Å². The molecule has 112 valence electrons. The van der Waals surface area contributed by atoms with Gasteiger partial charge in [0, 0.05) is 23.4 Å². The molecule has 1 saturated heterocycles. The minimum absolute atomic E-state index is 0.717. The summed E-state index contributed by atoms with van der Waals surface area (Å²) in [5.41, 5.74) is 0. The molecule has 1 aliphatic heterocycles. The average Bonchev–Trinajstić information content (AvgIpc) is 2.65. The molecule has 2 nitrogen and oxygen atoms in total. The molecule has 0 aromatic carbocycles. The number of nitrogens with zero attached hydrogens (tertiary/aromatic N) is 1. The van der Waals surface area contributed by atoms with Crippen LogP contribution in [0.15, 0.2) is 0 Å². The molecule has 0 bridgehead atoms. The summed E-state index contributed by atoms with van der Waals surface area (Å²) in [6.07, 6.45) is 12.0. The first kappa shape index (κ1) is 15.7. The Morgan fingerprint density at radius 3 is 2.53 bits per heavy atom. The van der Waals surface area contributed by atoms with Crippen LogP contribution in [0.1, 0.15) is 58.8 Å². The van der Waals surface area contributed by atoms with Crippen molar-refractivity contribution in [3.05, 3.63) is 0 Å². The maximum atomic E-state index is 3.98. The van der Waals surface area contributed by atoms with Crippen molar-refractivity contribution in [2.24, 2.45) is 0 Å². The zero-order valence-electron chi connectivity index (χ0n) is 13.0. The third-order valence-electron chi connectivity index (χ3n) is 4.92. The van der Waals surface area contributed by atoms with Gasteiger partial charge in [-0.15, -0.1) is 0 Å². The number of hydrogen-bond donors (Lipinski definition) is 1. The number of nitrogens with one attached hydrogen (secondary N) is 1. The molecule has 0 aromatic rings. The second kappa shape index (κ2) is 7.90. The fraction of sp³-hybridized carbons (Fsp3) is 1.00. The van der Waals surface area contributed by atoms with E-state index in [1.165, 1.54) is 58.0 Å². The van der Waals surface area contributed by atoms with Gasteiger partial charge in [-0.1, -0.05) is 6.42 Å². The van der Waals surface area contributed by atoms with Crippen molar-refractivity contribution < 1.29 is 0 Å². The van der Waals surface area contributed by atoms with Gasteiger partial charge in [-0.2, -0.15) is 11.8 Å². The number of rotatable bonds is 4. The summed E-state index contributed by atoms with van der Waals surface area (Å²) in [5, 5.41) is 4.89. The standard InChI is InChI=1S/C16H32N2S/c1-13(2)18-10-5-7-14(9-11-18)17-15-6-4-8-16(12-15)19-3/h13-17H,4-12H2,1-3H3. The van der Waals surface area contributed by atoms with Crippen molar-refractivity contribution in [3.63, 3.8) is 0 Å². The Labute approximate surface area is 124 Å². The minimum Gasteiger partial charge on any atom is -0.311 e. The normalized spacial score (nSPS) is 34.4. The molecule has 0 amide bonds. The molecule has 2 aliphatic rings. The van der Waals surface area contributed by atoms with Gasteiger partial charge in [-0.05, 0) is 71.7 Å². The first-order valence-electron chi connectivity index (χ1n) is 8.22. The lowest BCUT2D eigenvalue weighted by Gasteiger charge is -2.32. The van der Waals surface area contributed by atoms with Crippen LogP contribution in [0.5, 0.6) is 0 Å². The maximum Gasteiger partial charge on any atom is 0.00823 e. The van der Waals surface area contributed by atoms with Crippen LogP contribution in [0, 0.1) is 0 Å². The Kier molecular flexibility index (Phi) is 6.51. The molecule has 0 spiro atoms. The number of thioether (sulfide) groups is 1. The Bertz CT molecular complexity index is 257. The van der Waals surface area contributed by atoms with Gasteiger partial charge in [0.2, 0.25) is 0 Å². The van der Waals surface area contributed by atoms with E-state index in [0.717, 1.165) is 17.3 Å². The number of hydrogen-bond acceptors (Lipinski definition) is 3. The van der Waals surface area contributed by atoms with Gasteiger partial charge in [0.1, 0.15) is 0 Å².